The van der Waals surface area contributed by atoms with E-state index in [0.29, 0.717) is 22.9 Å². The Bertz CT molecular complexity index is 740. The first-order chi connectivity index (χ1) is 12.5. The van der Waals surface area contributed by atoms with Gasteiger partial charge in [0.05, 0.1) is 20.6 Å². The molecule has 0 aliphatic heterocycles. The third-order valence-electron chi connectivity index (χ3n) is 3.67. The van der Waals surface area contributed by atoms with Gasteiger partial charge in [0.1, 0.15) is 11.5 Å². The van der Waals surface area contributed by atoms with Crippen LogP contribution >= 0.6 is 11.6 Å². The lowest BCUT2D eigenvalue weighted by molar-refractivity contribution is -0.128. The molecule has 2 aromatic rings. The number of amides is 2. The van der Waals surface area contributed by atoms with E-state index in [4.69, 9.17) is 21.1 Å². The molecule has 0 spiro atoms. The molecule has 2 rings (SSSR count). The Hall–Kier alpha value is -2.73. The third-order valence-corrected chi connectivity index (χ3v) is 3.92. The normalized spacial score (nSPS) is 10.1. The van der Waals surface area contributed by atoms with E-state index in [2.05, 4.69) is 10.9 Å². The van der Waals surface area contributed by atoms with Crippen molar-refractivity contribution in [2.24, 2.45) is 0 Å². The van der Waals surface area contributed by atoms with Crippen LogP contribution in [0.4, 0.5) is 0 Å². The zero-order chi connectivity index (χ0) is 18.9. The van der Waals surface area contributed by atoms with Gasteiger partial charge < -0.3 is 9.47 Å². The second kappa shape index (κ2) is 9.68. The standard InChI is InChI=1S/C19H21ClN2O4/c1-25-16-9-14(10-17(12-16)26-2)5-8-18(23)21-22-19(24)11-13-3-6-15(20)7-4-13/h3-4,6-7,9-10,12H,5,8,11H2,1-2H3,(H,21,23)(H,22,24). The van der Waals surface area contributed by atoms with Crippen molar-refractivity contribution in [2.75, 3.05) is 14.2 Å². The first-order valence-electron chi connectivity index (χ1n) is 8.04. The van der Waals surface area contributed by atoms with Crippen LogP contribution in [0.5, 0.6) is 11.5 Å². The Morgan fingerprint density at radius 1 is 0.885 bits per heavy atom. The van der Waals surface area contributed by atoms with E-state index in [1.807, 2.05) is 12.1 Å². The van der Waals surface area contributed by atoms with Crippen molar-refractivity contribution in [2.45, 2.75) is 19.3 Å². The van der Waals surface area contributed by atoms with Gasteiger partial charge in [0, 0.05) is 17.5 Å². The van der Waals surface area contributed by atoms with Crippen molar-refractivity contribution in [3.8, 4) is 11.5 Å². The van der Waals surface area contributed by atoms with Crippen LogP contribution in [0.15, 0.2) is 42.5 Å². The number of halogens is 1. The molecule has 2 aromatic carbocycles. The van der Waals surface area contributed by atoms with Gasteiger partial charge in [-0.15, -0.1) is 0 Å². The van der Waals surface area contributed by atoms with Crippen LogP contribution in [0.1, 0.15) is 17.5 Å². The summed E-state index contributed by atoms with van der Waals surface area (Å²) in [6.07, 6.45) is 0.870. The SMILES string of the molecule is COc1cc(CCC(=O)NNC(=O)Cc2ccc(Cl)cc2)cc(OC)c1. The van der Waals surface area contributed by atoms with Gasteiger partial charge in [-0.2, -0.15) is 0 Å². The van der Waals surface area contributed by atoms with Gasteiger partial charge in [-0.3, -0.25) is 20.4 Å². The molecule has 0 heterocycles. The fourth-order valence-electron chi connectivity index (χ4n) is 2.30. The average molecular weight is 377 g/mol. The van der Waals surface area contributed by atoms with Crippen molar-refractivity contribution in [1.82, 2.24) is 10.9 Å². The molecule has 138 valence electrons. The summed E-state index contributed by atoms with van der Waals surface area (Å²) in [6, 6.07) is 12.4. The number of nitrogens with one attached hydrogen (secondary N) is 2. The highest BCUT2D eigenvalue weighted by Crippen LogP contribution is 2.23. The minimum Gasteiger partial charge on any atom is -0.497 e. The number of hydrazine groups is 1. The molecule has 0 aromatic heterocycles. The second-order valence-electron chi connectivity index (χ2n) is 5.62. The molecule has 0 fully saturated rings. The van der Waals surface area contributed by atoms with Crippen LogP contribution in [-0.2, 0) is 22.4 Å². The fraction of sp³-hybridized carbons (Fsp3) is 0.263. The number of hydrogen-bond donors (Lipinski definition) is 2. The Balaban J connectivity index is 1.78. The number of benzene rings is 2. The Kier molecular flexibility index (Phi) is 7.29. The van der Waals surface area contributed by atoms with Crippen LogP contribution in [0, 0.1) is 0 Å². The number of rotatable bonds is 7. The van der Waals surface area contributed by atoms with Gasteiger partial charge in [-0.05, 0) is 41.8 Å². The van der Waals surface area contributed by atoms with E-state index in [-0.39, 0.29) is 24.7 Å². The van der Waals surface area contributed by atoms with Gasteiger partial charge in [-0.25, -0.2) is 0 Å². The Morgan fingerprint density at radius 2 is 1.46 bits per heavy atom. The van der Waals surface area contributed by atoms with Crippen LogP contribution in [0.25, 0.3) is 0 Å². The summed E-state index contributed by atoms with van der Waals surface area (Å²) in [6.45, 7) is 0. The molecule has 26 heavy (non-hydrogen) atoms. The lowest BCUT2D eigenvalue weighted by Gasteiger charge is -2.10. The highest BCUT2D eigenvalue weighted by atomic mass is 35.5. The smallest absolute Gasteiger partial charge is 0.242 e. The van der Waals surface area contributed by atoms with Crippen molar-refractivity contribution >= 4 is 23.4 Å². The number of methoxy groups -OCH3 is 2. The van der Waals surface area contributed by atoms with Crippen LogP contribution in [0.2, 0.25) is 5.02 Å². The maximum absolute atomic E-state index is 11.9. The Labute approximate surface area is 157 Å². The van der Waals surface area contributed by atoms with Crippen molar-refractivity contribution in [1.29, 1.82) is 0 Å². The molecule has 2 amide bonds. The minimum atomic E-state index is -0.302. The molecule has 7 heteroatoms. The summed E-state index contributed by atoms with van der Waals surface area (Å²) >= 11 is 5.80. The number of aryl methyl sites for hydroxylation is 1. The summed E-state index contributed by atoms with van der Waals surface area (Å²) in [5.74, 6) is 0.743. The largest absolute Gasteiger partial charge is 0.497 e. The van der Waals surface area contributed by atoms with E-state index < -0.39 is 0 Å². The van der Waals surface area contributed by atoms with Gasteiger partial charge in [0.15, 0.2) is 0 Å². The summed E-state index contributed by atoms with van der Waals surface area (Å²) in [7, 11) is 3.14. The minimum absolute atomic E-state index is 0.157. The van der Waals surface area contributed by atoms with Crippen molar-refractivity contribution in [3.63, 3.8) is 0 Å². The molecular formula is C19H21ClN2O4. The molecule has 0 saturated heterocycles. The summed E-state index contributed by atoms with van der Waals surface area (Å²) in [5.41, 5.74) is 6.54. The topological polar surface area (TPSA) is 76.7 Å². The zero-order valence-corrected chi connectivity index (χ0v) is 15.4. The predicted octanol–water partition coefficient (Wildman–Crippen LogP) is 2.68. The quantitative estimate of drug-likeness (QED) is 0.728. The van der Waals surface area contributed by atoms with E-state index >= 15 is 0 Å². The van der Waals surface area contributed by atoms with Crippen LogP contribution in [0.3, 0.4) is 0 Å². The zero-order valence-electron chi connectivity index (χ0n) is 14.7. The fourth-order valence-corrected chi connectivity index (χ4v) is 2.43. The first kappa shape index (κ1) is 19.6. The van der Waals surface area contributed by atoms with E-state index in [1.54, 1.807) is 44.6 Å². The van der Waals surface area contributed by atoms with Crippen LogP contribution in [-0.4, -0.2) is 26.0 Å². The maximum atomic E-state index is 11.9. The summed E-state index contributed by atoms with van der Waals surface area (Å²) < 4.78 is 10.4. The lowest BCUT2D eigenvalue weighted by Crippen LogP contribution is -2.42. The summed E-state index contributed by atoms with van der Waals surface area (Å²) in [5, 5.41) is 0.608. The average Bonchev–Trinajstić information content (AvgIpc) is 2.66. The molecule has 0 saturated carbocycles. The molecule has 0 aliphatic carbocycles. The highest BCUT2D eigenvalue weighted by Gasteiger charge is 2.08. The molecule has 6 nitrogen and oxygen atoms in total. The van der Waals surface area contributed by atoms with Gasteiger partial charge >= 0.3 is 0 Å². The second-order valence-corrected chi connectivity index (χ2v) is 6.06. The number of carbonyl (C=O) groups is 2. The molecular weight excluding hydrogens is 356 g/mol. The maximum Gasteiger partial charge on any atom is 0.242 e. The molecule has 0 aliphatic rings. The molecule has 0 unspecified atom stereocenters. The number of ether oxygens (including phenoxy) is 2. The Morgan fingerprint density at radius 3 is 2.04 bits per heavy atom. The van der Waals surface area contributed by atoms with Gasteiger partial charge in [-0.1, -0.05) is 23.7 Å². The van der Waals surface area contributed by atoms with E-state index in [0.717, 1.165) is 11.1 Å². The van der Waals surface area contributed by atoms with Gasteiger partial charge in [0.25, 0.3) is 0 Å². The van der Waals surface area contributed by atoms with Crippen molar-refractivity contribution in [3.05, 3.63) is 58.6 Å². The monoisotopic (exact) mass is 376 g/mol. The molecule has 0 bridgehead atoms. The molecule has 2 N–H and O–H groups in total. The van der Waals surface area contributed by atoms with Gasteiger partial charge in [0.2, 0.25) is 11.8 Å². The summed E-state index contributed by atoms with van der Waals surface area (Å²) in [4.78, 5) is 23.8. The predicted molar refractivity (Wildman–Crippen MR) is 99.3 cm³/mol. The van der Waals surface area contributed by atoms with Crippen LogP contribution < -0.4 is 20.3 Å². The first-order valence-corrected chi connectivity index (χ1v) is 8.42. The highest BCUT2D eigenvalue weighted by molar-refractivity contribution is 6.30. The number of carbonyl (C=O) groups excluding carboxylic acids is 2. The van der Waals surface area contributed by atoms with Crippen molar-refractivity contribution < 1.29 is 19.1 Å². The molecule has 0 radical (unpaired) electrons. The number of hydrogen-bond acceptors (Lipinski definition) is 4. The van der Waals surface area contributed by atoms with E-state index in [1.165, 1.54) is 0 Å². The lowest BCUT2D eigenvalue weighted by atomic mass is 10.1. The van der Waals surface area contributed by atoms with E-state index in [9.17, 15) is 9.59 Å². The molecule has 0 atom stereocenters. The third kappa shape index (κ3) is 6.29.